The molecule has 3 heterocycles. The number of hydrogen-bond donors (Lipinski definition) is 2. The molecule has 0 radical (unpaired) electrons. The highest BCUT2D eigenvalue weighted by Crippen LogP contribution is 2.24. The Balaban J connectivity index is 1.57. The number of urea groups is 1. The monoisotopic (exact) mass is 198 g/mol. The maximum atomic E-state index is 11.2. The van der Waals surface area contributed by atoms with Gasteiger partial charge < -0.3 is 20.1 Å². The van der Waals surface area contributed by atoms with E-state index < -0.39 is 0 Å². The van der Waals surface area contributed by atoms with Crippen molar-refractivity contribution in [3.63, 3.8) is 0 Å². The van der Waals surface area contributed by atoms with E-state index in [1.165, 1.54) is 0 Å². The zero-order chi connectivity index (χ0) is 9.54. The summed E-state index contributed by atoms with van der Waals surface area (Å²) in [6.45, 7) is 1.69. The first kappa shape index (κ1) is 8.49. The summed E-state index contributed by atoms with van der Waals surface area (Å²) >= 11 is 0. The van der Waals surface area contributed by atoms with Crippen LogP contribution < -0.4 is 10.6 Å². The second kappa shape index (κ2) is 3.10. The molecule has 3 saturated heterocycles. The quantitative estimate of drug-likeness (QED) is 0.605. The molecule has 4 atom stereocenters. The van der Waals surface area contributed by atoms with Crippen molar-refractivity contribution < 1.29 is 14.3 Å². The van der Waals surface area contributed by atoms with Crippen molar-refractivity contribution in [3.05, 3.63) is 0 Å². The van der Waals surface area contributed by atoms with Crippen molar-refractivity contribution in [1.82, 2.24) is 10.6 Å². The second-order valence-corrected chi connectivity index (χ2v) is 4.21. The standard InChI is InChI=1S/C9H14N2O3/c12-9-10-7(1-5-3-13-5)8(11-9)2-6-4-14-6/h5-8H,1-4H2,(H2,10,11,12). The summed E-state index contributed by atoms with van der Waals surface area (Å²) in [5, 5.41) is 5.85. The van der Waals surface area contributed by atoms with Gasteiger partial charge in [0.1, 0.15) is 0 Å². The topological polar surface area (TPSA) is 66.2 Å². The first-order chi connectivity index (χ1) is 6.81. The van der Waals surface area contributed by atoms with Crippen LogP contribution in [0.15, 0.2) is 0 Å². The van der Waals surface area contributed by atoms with Crippen LogP contribution in [0.2, 0.25) is 0 Å². The average Bonchev–Trinajstić information content (AvgIpc) is 2.95. The lowest BCUT2D eigenvalue weighted by molar-refractivity contribution is 0.246. The minimum absolute atomic E-state index is 0.0544. The third-order valence-electron chi connectivity index (χ3n) is 2.96. The van der Waals surface area contributed by atoms with Crippen LogP contribution in [0.5, 0.6) is 0 Å². The van der Waals surface area contributed by atoms with E-state index in [-0.39, 0.29) is 18.1 Å². The molecule has 3 fully saturated rings. The molecule has 78 valence electrons. The molecule has 0 aliphatic carbocycles. The van der Waals surface area contributed by atoms with Crippen molar-refractivity contribution >= 4 is 6.03 Å². The molecule has 4 unspecified atom stereocenters. The number of epoxide rings is 2. The van der Waals surface area contributed by atoms with Gasteiger partial charge in [-0.1, -0.05) is 0 Å². The van der Waals surface area contributed by atoms with Crippen LogP contribution in [0.4, 0.5) is 4.79 Å². The van der Waals surface area contributed by atoms with E-state index in [1.807, 2.05) is 0 Å². The fraction of sp³-hybridized carbons (Fsp3) is 0.889. The van der Waals surface area contributed by atoms with Gasteiger partial charge in [-0.2, -0.15) is 0 Å². The third kappa shape index (κ3) is 1.83. The van der Waals surface area contributed by atoms with Gasteiger partial charge in [0.25, 0.3) is 0 Å². The molecule has 2 amide bonds. The lowest BCUT2D eigenvalue weighted by atomic mass is 10.0. The summed E-state index contributed by atoms with van der Waals surface area (Å²) in [5.41, 5.74) is 0. The molecule has 0 aromatic carbocycles. The molecule has 3 aliphatic heterocycles. The predicted molar refractivity (Wildman–Crippen MR) is 48.0 cm³/mol. The van der Waals surface area contributed by atoms with Gasteiger partial charge in [-0.15, -0.1) is 0 Å². The Kier molecular flexibility index (Phi) is 1.88. The second-order valence-electron chi connectivity index (χ2n) is 4.21. The van der Waals surface area contributed by atoms with Crippen molar-refractivity contribution in [2.75, 3.05) is 13.2 Å². The number of ether oxygens (including phenoxy) is 2. The van der Waals surface area contributed by atoms with Gasteiger partial charge in [0.15, 0.2) is 0 Å². The summed E-state index contributed by atoms with van der Waals surface area (Å²) in [6.07, 6.45) is 2.58. The molecule has 2 N–H and O–H groups in total. The zero-order valence-electron chi connectivity index (χ0n) is 7.86. The SMILES string of the molecule is O=C1NC(CC2CO2)C(CC2CO2)N1. The van der Waals surface area contributed by atoms with Gasteiger partial charge in [-0.25, -0.2) is 4.79 Å². The first-order valence-corrected chi connectivity index (χ1v) is 5.11. The van der Waals surface area contributed by atoms with Crippen LogP contribution in [-0.2, 0) is 9.47 Å². The maximum Gasteiger partial charge on any atom is 0.315 e. The van der Waals surface area contributed by atoms with E-state index in [0.717, 1.165) is 26.1 Å². The van der Waals surface area contributed by atoms with E-state index in [2.05, 4.69) is 10.6 Å². The molecule has 3 aliphatic rings. The van der Waals surface area contributed by atoms with E-state index in [4.69, 9.17) is 9.47 Å². The number of nitrogens with one attached hydrogen (secondary N) is 2. The smallest absolute Gasteiger partial charge is 0.315 e. The summed E-state index contributed by atoms with van der Waals surface area (Å²) in [6, 6.07) is 0.389. The summed E-state index contributed by atoms with van der Waals surface area (Å²) < 4.78 is 10.3. The Bertz CT molecular complexity index is 226. The van der Waals surface area contributed by atoms with E-state index >= 15 is 0 Å². The van der Waals surface area contributed by atoms with Crippen LogP contribution in [0.25, 0.3) is 0 Å². The number of rotatable bonds is 4. The van der Waals surface area contributed by atoms with Crippen LogP contribution >= 0.6 is 0 Å². The molecule has 3 rings (SSSR count). The van der Waals surface area contributed by atoms with E-state index in [1.54, 1.807) is 0 Å². The summed E-state index contributed by atoms with van der Waals surface area (Å²) in [7, 11) is 0. The van der Waals surface area contributed by atoms with Gasteiger partial charge in [-0.3, -0.25) is 0 Å². The molecular weight excluding hydrogens is 184 g/mol. The highest BCUT2D eigenvalue weighted by atomic mass is 16.6. The Morgan fingerprint density at radius 2 is 1.50 bits per heavy atom. The van der Waals surface area contributed by atoms with Crippen LogP contribution in [-0.4, -0.2) is 43.5 Å². The van der Waals surface area contributed by atoms with E-state index in [0.29, 0.717) is 12.2 Å². The van der Waals surface area contributed by atoms with Crippen molar-refractivity contribution in [2.24, 2.45) is 0 Å². The van der Waals surface area contributed by atoms with Crippen LogP contribution in [0, 0.1) is 0 Å². The predicted octanol–water partition coefficient (Wildman–Crippen LogP) is -0.386. The Morgan fingerprint density at radius 3 is 1.86 bits per heavy atom. The van der Waals surface area contributed by atoms with Gasteiger partial charge in [-0.05, 0) is 12.8 Å². The van der Waals surface area contributed by atoms with Crippen LogP contribution in [0.3, 0.4) is 0 Å². The van der Waals surface area contributed by atoms with Gasteiger partial charge in [0.2, 0.25) is 0 Å². The fourth-order valence-corrected chi connectivity index (χ4v) is 2.00. The van der Waals surface area contributed by atoms with Crippen molar-refractivity contribution in [3.8, 4) is 0 Å². The number of carbonyl (C=O) groups excluding carboxylic acids is 1. The lowest BCUT2D eigenvalue weighted by Gasteiger charge is -2.15. The highest BCUT2D eigenvalue weighted by molar-refractivity contribution is 5.77. The average molecular weight is 198 g/mol. The molecule has 14 heavy (non-hydrogen) atoms. The van der Waals surface area contributed by atoms with Gasteiger partial charge in [0, 0.05) is 0 Å². The molecule has 0 aromatic rings. The first-order valence-electron chi connectivity index (χ1n) is 5.11. The van der Waals surface area contributed by atoms with Crippen molar-refractivity contribution in [2.45, 2.75) is 37.1 Å². The molecule has 0 aromatic heterocycles. The fourth-order valence-electron chi connectivity index (χ4n) is 2.00. The Hall–Kier alpha value is -0.810. The highest BCUT2D eigenvalue weighted by Gasteiger charge is 2.39. The number of hydrogen-bond acceptors (Lipinski definition) is 3. The third-order valence-corrected chi connectivity index (χ3v) is 2.96. The number of amides is 2. The Labute approximate surface area is 82.1 Å². The summed E-state index contributed by atoms with van der Waals surface area (Å²) in [4.78, 5) is 11.2. The normalized spacial score (nSPS) is 44.4. The van der Waals surface area contributed by atoms with E-state index in [9.17, 15) is 4.79 Å². The minimum Gasteiger partial charge on any atom is -0.373 e. The molecule has 5 heteroatoms. The Morgan fingerprint density at radius 1 is 1.07 bits per heavy atom. The molecule has 0 bridgehead atoms. The zero-order valence-corrected chi connectivity index (χ0v) is 7.86. The minimum atomic E-state index is -0.0544. The van der Waals surface area contributed by atoms with Crippen LogP contribution in [0.1, 0.15) is 12.8 Å². The van der Waals surface area contributed by atoms with Gasteiger partial charge >= 0.3 is 6.03 Å². The summed E-state index contributed by atoms with van der Waals surface area (Å²) in [5.74, 6) is 0. The molecule has 0 spiro atoms. The molecule has 5 nitrogen and oxygen atoms in total. The molecule has 0 saturated carbocycles. The van der Waals surface area contributed by atoms with Crippen molar-refractivity contribution in [1.29, 1.82) is 0 Å². The maximum absolute atomic E-state index is 11.2. The molecular formula is C9H14N2O3. The largest absolute Gasteiger partial charge is 0.373 e. The number of carbonyl (C=O) groups is 1. The van der Waals surface area contributed by atoms with Gasteiger partial charge in [0.05, 0.1) is 37.5 Å². The lowest BCUT2D eigenvalue weighted by Crippen LogP contribution is -2.35.